The van der Waals surface area contributed by atoms with Gasteiger partial charge in [0.2, 0.25) is 0 Å². The van der Waals surface area contributed by atoms with Gasteiger partial charge in [0.1, 0.15) is 0 Å². The highest BCUT2D eigenvalue weighted by Crippen LogP contribution is 2.25. The maximum absolute atomic E-state index is 12.3. The van der Waals surface area contributed by atoms with Crippen LogP contribution in [0.25, 0.3) is 0 Å². The second kappa shape index (κ2) is 6.84. The molecule has 0 saturated heterocycles. The van der Waals surface area contributed by atoms with Crippen LogP contribution >= 0.6 is 0 Å². The van der Waals surface area contributed by atoms with Crippen LogP contribution in [0, 0.1) is 0 Å². The van der Waals surface area contributed by atoms with Crippen LogP contribution in [0.15, 0.2) is 30.5 Å². The summed E-state index contributed by atoms with van der Waals surface area (Å²) < 4.78 is 6.88. The highest BCUT2D eigenvalue weighted by atomic mass is 16.5. The van der Waals surface area contributed by atoms with E-state index < -0.39 is 0 Å². The molecule has 2 N–H and O–H groups in total. The summed E-state index contributed by atoms with van der Waals surface area (Å²) in [5, 5.41) is 9.81. The van der Waals surface area contributed by atoms with Crippen molar-refractivity contribution in [2.24, 2.45) is 7.05 Å². The molecule has 24 heavy (non-hydrogen) atoms. The van der Waals surface area contributed by atoms with E-state index in [2.05, 4.69) is 15.7 Å². The molecule has 126 valence electrons. The summed E-state index contributed by atoms with van der Waals surface area (Å²) in [6.45, 7) is 0.339. The quantitative estimate of drug-likeness (QED) is 0.880. The number of nitrogens with one attached hydrogen (secondary N) is 2. The fourth-order valence-corrected chi connectivity index (χ4v) is 2.95. The molecule has 1 aliphatic carbocycles. The molecule has 0 bridgehead atoms. The zero-order valence-electron chi connectivity index (χ0n) is 13.7. The normalized spacial score (nSPS) is 14.3. The van der Waals surface area contributed by atoms with Gasteiger partial charge in [-0.1, -0.05) is 0 Å². The third kappa shape index (κ3) is 3.30. The molecule has 1 heterocycles. The number of anilines is 1. The van der Waals surface area contributed by atoms with E-state index in [0.717, 1.165) is 23.2 Å². The Balaban J connectivity index is 1.68. The largest absolute Gasteiger partial charge is 0.382 e. The Hall–Kier alpha value is -2.67. The molecular weight excluding hydrogens is 308 g/mol. The van der Waals surface area contributed by atoms with E-state index in [0.29, 0.717) is 18.7 Å². The first-order valence-corrected chi connectivity index (χ1v) is 7.79. The monoisotopic (exact) mass is 328 g/mol. The summed E-state index contributed by atoms with van der Waals surface area (Å²) in [6.07, 6.45) is 2.95. The van der Waals surface area contributed by atoms with Crippen molar-refractivity contribution in [3.05, 3.63) is 47.3 Å². The number of carbonyl (C=O) groups is 2. The lowest BCUT2D eigenvalue weighted by Gasteiger charge is -2.18. The predicted molar refractivity (Wildman–Crippen MR) is 89.1 cm³/mol. The van der Waals surface area contributed by atoms with Gasteiger partial charge in [0.05, 0.1) is 18.3 Å². The van der Waals surface area contributed by atoms with E-state index in [1.54, 1.807) is 30.1 Å². The molecule has 0 saturated carbocycles. The number of Topliss-reactive ketones (excluding diaryl/α,β-unsaturated/α-hetero) is 1. The number of ether oxygens (including phenoxy) is 1. The van der Waals surface area contributed by atoms with Gasteiger partial charge in [-0.25, -0.2) is 4.79 Å². The van der Waals surface area contributed by atoms with Crippen LogP contribution in [0.5, 0.6) is 0 Å². The molecule has 2 amide bonds. The predicted octanol–water partition coefficient (Wildman–Crippen LogP) is 2.06. The molecule has 0 spiro atoms. The molecule has 0 radical (unpaired) electrons. The molecule has 0 aliphatic heterocycles. The smallest absolute Gasteiger partial charge is 0.319 e. The van der Waals surface area contributed by atoms with Crippen molar-refractivity contribution in [2.45, 2.75) is 18.9 Å². The second-order valence-electron chi connectivity index (χ2n) is 5.78. The Kier molecular flexibility index (Phi) is 4.61. The van der Waals surface area contributed by atoms with Crippen molar-refractivity contribution < 1.29 is 14.3 Å². The minimum atomic E-state index is -0.331. The number of urea groups is 1. The molecule has 1 aromatic heterocycles. The third-order valence-corrected chi connectivity index (χ3v) is 4.14. The number of methoxy groups -OCH3 is 1. The molecule has 1 aliphatic rings. The molecule has 0 unspecified atom stereocenters. The minimum absolute atomic E-state index is 0.164. The first-order chi connectivity index (χ1) is 11.6. The summed E-state index contributed by atoms with van der Waals surface area (Å²) in [4.78, 5) is 24.0. The van der Waals surface area contributed by atoms with Crippen molar-refractivity contribution in [3.8, 4) is 0 Å². The Labute approximate surface area is 140 Å². The lowest BCUT2D eigenvalue weighted by molar-refractivity contribution is 0.0994. The van der Waals surface area contributed by atoms with Crippen molar-refractivity contribution in [1.82, 2.24) is 15.1 Å². The molecule has 7 nitrogen and oxygen atoms in total. The molecule has 2 aromatic rings. The number of aryl methyl sites for hydroxylation is 2. The van der Waals surface area contributed by atoms with Crippen LogP contribution in [-0.2, 0) is 18.2 Å². The van der Waals surface area contributed by atoms with E-state index in [4.69, 9.17) is 4.74 Å². The van der Waals surface area contributed by atoms with Crippen molar-refractivity contribution in [2.75, 3.05) is 19.0 Å². The van der Waals surface area contributed by atoms with Gasteiger partial charge in [-0.05, 0) is 36.2 Å². The number of benzene rings is 1. The molecular formula is C17H20N4O3. The molecule has 3 rings (SSSR count). The van der Waals surface area contributed by atoms with Crippen LogP contribution in [0.4, 0.5) is 10.5 Å². The third-order valence-electron chi connectivity index (χ3n) is 4.14. The summed E-state index contributed by atoms with van der Waals surface area (Å²) in [5.41, 5.74) is 3.26. The molecule has 1 atom stereocenters. The Morgan fingerprint density at radius 3 is 2.92 bits per heavy atom. The van der Waals surface area contributed by atoms with Crippen LogP contribution < -0.4 is 10.6 Å². The Morgan fingerprint density at radius 1 is 1.38 bits per heavy atom. The summed E-state index contributed by atoms with van der Waals surface area (Å²) >= 11 is 0. The fraction of sp³-hybridized carbons (Fsp3) is 0.353. The van der Waals surface area contributed by atoms with Gasteiger partial charge in [-0.3, -0.25) is 9.48 Å². The highest BCUT2D eigenvalue weighted by molar-refractivity contribution is 6.01. The standard InChI is InChI=1S/C17H20N4O3/c1-21-15(7-8-18-21)14(10-24-2)20-17(23)19-12-4-5-13-11(9-12)3-6-16(13)22/h4-5,7-9,14H,3,6,10H2,1-2H3,(H2,19,20,23)/t14-/m0/s1. The summed E-state index contributed by atoms with van der Waals surface area (Å²) in [5.74, 6) is 0.164. The van der Waals surface area contributed by atoms with Crippen LogP contribution in [0.3, 0.4) is 0 Å². The van der Waals surface area contributed by atoms with Gasteiger partial charge in [0, 0.05) is 38.0 Å². The summed E-state index contributed by atoms with van der Waals surface area (Å²) in [7, 11) is 3.40. The number of aromatic nitrogens is 2. The van der Waals surface area contributed by atoms with Gasteiger partial charge in [-0.2, -0.15) is 5.10 Å². The lowest BCUT2D eigenvalue weighted by atomic mass is 10.1. The first kappa shape index (κ1) is 16.2. The molecule has 0 fully saturated rings. The molecule has 1 aromatic carbocycles. The van der Waals surface area contributed by atoms with Gasteiger partial charge in [-0.15, -0.1) is 0 Å². The van der Waals surface area contributed by atoms with E-state index >= 15 is 0 Å². The van der Waals surface area contributed by atoms with Crippen molar-refractivity contribution in [1.29, 1.82) is 0 Å². The maximum Gasteiger partial charge on any atom is 0.319 e. The van der Waals surface area contributed by atoms with Crippen LogP contribution in [-0.4, -0.2) is 35.3 Å². The van der Waals surface area contributed by atoms with Crippen molar-refractivity contribution >= 4 is 17.5 Å². The van der Waals surface area contributed by atoms with Crippen LogP contribution in [0.2, 0.25) is 0 Å². The second-order valence-corrected chi connectivity index (χ2v) is 5.78. The number of hydrogen-bond acceptors (Lipinski definition) is 4. The van der Waals surface area contributed by atoms with E-state index in [9.17, 15) is 9.59 Å². The van der Waals surface area contributed by atoms with Crippen molar-refractivity contribution in [3.63, 3.8) is 0 Å². The number of nitrogens with zero attached hydrogens (tertiary/aromatic N) is 2. The average Bonchev–Trinajstić information content (AvgIpc) is 3.13. The van der Waals surface area contributed by atoms with Crippen LogP contribution in [0.1, 0.15) is 34.1 Å². The number of fused-ring (bicyclic) bond motifs is 1. The Bertz CT molecular complexity index is 769. The minimum Gasteiger partial charge on any atom is -0.382 e. The lowest BCUT2D eigenvalue weighted by Crippen LogP contribution is -2.35. The topological polar surface area (TPSA) is 85.2 Å². The molecule has 7 heteroatoms. The van der Waals surface area contributed by atoms with E-state index in [1.165, 1.54) is 0 Å². The number of rotatable bonds is 5. The van der Waals surface area contributed by atoms with Gasteiger partial charge in [0.15, 0.2) is 5.78 Å². The average molecular weight is 328 g/mol. The number of hydrogen-bond donors (Lipinski definition) is 2. The summed E-state index contributed by atoms with van der Waals surface area (Å²) in [6, 6.07) is 6.58. The first-order valence-electron chi connectivity index (χ1n) is 7.79. The zero-order valence-corrected chi connectivity index (χ0v) is 13.7. The number of ketones is 1. The number of carbonyl (C=O) groups excluding carboxylic acids is 2. The SMILES string of the molecule is COC[C@H](NC(=O)Nc1ccc2c(c1)CCC2=O)c1ccnn1C. The zero-order chi connectivity index (χ0) is 17.1. The van der Waals surface area contributed by atoms with E-state index in [1.807, 2.05) is 19.2 Å². The van der Waals surface area contributed by atoms with E-state index in [-0.39, 0.29) is 17.9 Å². The highest BCUT2D eigenvalue weighted by Gasteiger charge is 2.21. The number of amides is 2. The van der Waals surface area contributed by atoms with Gasteiger partial charge in [0.25, 0.3) is 0 Å². The van der Waals surface area contributed by atoms with Gasteiger partial charge >= 0.3 is 6.03 Å². The Morgan fingerprint density at radius 2 is 2.21 bits per heavy atom. The fourth-order valence-electron chi connectivity index (χ4n) is 2.95. The van der Waals surface area contributed by atoms with Gasteiger partial charge < -0.3 is 15.4 Å². The maximum atomic E-state index is 12.3.